The Balaban J connectivity index is 1.45. The van der Waals surface area contributed by atoms with Gasteiger partial charge in [0.15, 0.2) is 11.5 Å². The average molecular weight is 520 g/mol. The van der Waals surface area contributed by atoms with E-state index in [1.807, 2.05) is 63.2 Å². The Kier molecular flexibility index (Phi) is 7.44. The van der Waals surface area contributed by atoms with Crippen LogP contribution in [0.2, 0.25) is 0 Å². The summed E-state index contributed by atoms with van der Waals surface area (Å²) in [6, 6.07) is 14.0. The summed E-state index contributed by atoms with van der Waals surface area (Å²) in [6.45, 7) is 10.4. The highest BCUT2D eigenvalue weighted by Gasteiger charge is 2.28. The van der Waals surface area contributed by atoms with E-state index in [9.17, 15) is 4.79 Å². The SMILES string of the molecule is COc1cc2c(N3CCN(C(=O)OC(C)(C)C)CC3)nc(N3CCCC3)nc2cc1OCc1ccccc1. The van der Waals surface area contributed by atoms with E-state index in [-0.39, 0.29) is 6.09 Å². The average Bonchev–Trinajstić information content (AvgIpc) is 3.46. The Labute approximate surface area is 224 Å². The first kappa shape index (κ1) is 25.9. The van der Waals surface area contributed by atoms with Gasteiger partial charge >= 0.3 is 6.09 Å². The zero-order valence-electron chi connectivity index (χ0n) is 22.8. The van der Waals surface area contributed by atoms with Gasteiger partial charge in [0.25, 0.3) is 0 Å². The molecule has 3 aromatic rings. The summed E-state index contributed by atoms with van der Waals surface area (Å²) in [5, 5.41) is 0.905. The number of ether oxygens (including phenoxy) is 3. The van der Waals surface area contributed by atoms with Crippen molar-refractivity contribution in [2.24, 2.45) is 0 Å². The number of rotatable bonds is 6. The Morgan fingerprint density at radius 3 is 2.26 bits per heavy atom. The molecule has 202 valence electrons. The van der Waals surface area contributed by atoms with Gasteiger partial charge in [-0.05, 0) is 45.2 Å². The van der Waals surface area contributed by atoms with Crippen molar-refractivity contribution in [2.75, 3.05) is 56.2 Å². The second-order valence-electron chi connectivity index (χ2n) is 10.8. The highest BCUT2D eigenvalue weighted by molar-refractivity contribution is 5.93. The van der Waals surface area contributed by atoms with Crippen LogP contribution < -0.4 is 19.3 Å². The maximum absolute atomic E-state index is 12.6. The van der Waals surface area contributed by atoms with Crippen molar-refractivity contribution in [3.05, 3.63) is 48.0 Å². The molecule has 0 atom stereocenters. The number of hydrogen-bond donors (Lipinski definition) is 0. The number of aromatic nitrogens is 2. The number of benzene rings is 2. The first-order valence-electron chi connectivity index (χ1n) is 13.3. The predicted molar refractivity (Wildman–Crippen MR) is 148 cm³/mol. The third-order valence-electron chi connectivity index (χ3n) is 6.81. The normalized spacial score (nSPS) is 16.2. The summed E-state index contributed by atoms with van der Waals surface area (Å²) in [5.74, 6) is 2.88. The van der Waals surface area contributed by atoms with Crippen LogP contribution in [0.25, 0.3) is 10.9 Å². The van der Waals surface area contributed by atoms with Crippen molar-refractivity contribution in [3.63, 3.8) is 0 Å². The van der Waals surface area contributed by atoms with Crippen molar-refractivity contribution in [2.45, 2.75) is 45.8 Å². The maximum atomic E-state index is 12.6. The van der Waals surface area contributed by atoms with E-state index in [4.69, 9.17) is 24.2 Å². The van der Waals surface area contributed by atoms with Gasteiger partial charge in [-0.1, -0.05) is 30.3 Å². The number of amides is 1. The van der Waals surface area contributed by atoms with Crippen LogP contribution in [-0.2, 0) is 11.3 Å². The van der Waals surface area contributed by atoms with Crippen LogP contribution in [-0.4, -0.2) is 72.9 Å². The van der Waals surface area contributed by atoms with Crippen molar-refractivity contribution < 1.29 is 19.0 Å². The van der Waals surface area contributed by atoms with Crippen LogP contribution >= 0.6 is 0 Å². The van der Waals surface area contributed by atoms with Gasteiger partial charge < -0.3 is 28.9 Å². The molecule has 0 bridgehead atoms. The fourth-order valence-electron chi connectivity index (χ4n) is 4.84. The molecule has 3 heterocycles. The summed E-state index contributed by atoms with van der Waals surface area (Å²) in [6.07, 6.45) is 2.00. The summed E-state index contributed by atoms with van der Waals surface area (Å²) in [4.78, 5) is 28.8. The van der Waals surface area contributed by atoms with Crippen LogP contribution in [0.1, 0.15) is 39.2 Å². The second kappa shape index (κ2) is 10.9. The van der Waals surface area contributed by atoms with Crippen LogP contribution in [0.4, 0.5) is 16.6 Å². The van der Waals surface area contributed by atoms with Crippen LogP contribution in [0, 0.1) is 0 Å². The number of nitrogens with zero attached hydrogens (tertiary/aromatic N) is 5. The molecular weight excluding hydrogens is 482 g/mol. The van der Waals surface area contributed by atoms with Gasteiger partial charge in [-0.25, -0.2) is 9.78 Å². The molecule has 5 rings (SSSR count). The molecule has 0 spiro atoms. The molecule has 2 aliphatic heterocycles. The van der Waals surface area contributed by atoms with Crippen molar-refractivity contribution in [1.29, 1.82) is 0 Å². The first-order valence-corrected chi connectivity index (χ1v) is 13.3. The van der Waals surface area contributed by atoms with E-state index in [1.165, 1.54) is 0 Å². The minimum absolute atomic E-state index is 0.274. The molecule has 2 saturated heterocycles. The molecule has 2 aliphatic rings. The van der Waals surface area contributed by atoms with E-state index in [1.54, 1.807) is 12.0 Å². The largest absolute Gasteiger partial charge is 0.493 e. The van der Waals surface area contributed by atoms with Gasteiger partial charge in [-0.15, -0.1) is 0 Å². The van der Waals surface area contributed by atoms with Gasteiger partial charge in [-0.2, -0.15) is 4.98 Å². The molecule has 2 fully saturated rings. The number of hydrogen-bond acceptors (Lipinski definition) is 8. The maximum Gasteiger partial charge on any atom is 0.410 e. The Hall–Kier alpha value is -3.75. The van der Waals surface area contributed by atoms with E-state index < -0.39 is 5.60 Å². The van der Waals surface area contributed by atoms with Gasteiger partial charge in [0.2, 0.25) is 5.95 Å². The predicted octanol–water partition coefficient (Wildman–Crippen LogP) is 4.87. The minimum Gasteiger partial charge on any atom is -0.493 e. The Morgan fingerprint density at radius 2 is 1.61 bits per heavy atom. The van der Waals surface area contributed by atoms with Crippen molar-refractivity contribution in [1.82, 2.24) is 14.9 Å². The lowest BCUT2D eigenvalue weighted by atomic mass is 10.1. The monoisotopic (exact) mass is 519 g/mol. The zero-order valence-corrected chi connectivity index (χ0v) is 22.8. The number of methoxy groups -OCH3 is 1. The molecule has 0 aliphatic carbocycles. The molecule has 0 N–H and O–H groups in total. The molecule has 1 amide bonds. The van der Waals surface area contributed by atoms with E-state index in [0.29, 0.717) is 44.3 Å². The molecule has 38 heavy (non-hydrogen) atoms. The van der Waals surface area contributed by atoms with Crippen LogP contribution in [0.3, 0.4) is 0 Å². The fourth-order valence-corrected chi connectivity index (χ4v) is 4.84. The van der Waals surface area contributed by atoms with Crippen molar-refractivity contribution in [3.8, 4) is 11.5 Å². The smallest absolute Gasteiger partial charge is 0.410 e. The summed E-state index contributed by atoms with van der Waals surface area (Å²) >= 11 is 0. The van der Waals surface area contributed by atoms with E-state index >= 15 is 0 Å². The molecular formula is C29H37N5O4. The fraction of sp³-hybridized carbons (Fsp3) is 0.483. The summed E-state index contributed by atoms with van der Waals surface area (Å²) in [7, 11) is 1.65. The second-order valence-corrected chi connectivity index (χ2v) is 10.8. The van der Waals surface area contributed by atoms with Gasteiger partial charge in [0, 0.05) is 50.7 Å². The molecule has 0 saturated carbocycles. The third-order valence-corrected chi connectivity index (χ3v) is 6.81. The van der Waals surface area contributed by atoms with E-state index in [2.05, 4.69) is 9.80 Å². The Morgan fingerprint density at radius 1 is 0.895 bits per heavy atom. The number of piperazine rings is 1. The molecule has 0 unspecified atom stereocenters. The molecule has 1 aromatic heterocycles. The minimum atomic E-state index is -0.515. The standard InChI is InChI=1S/C29H37N5O4/c1-29(2,3)38-28(35)34-16-14-32(15-17-34)26-22-18-24(36-4)25(37-20-21-10-6-5-7-11-21)19-23(22)30-27(31-26)33-12-8-9-13-33/h5-7,10-11,18-19H,8-9,12-17,20H2,1-4H3. The number of anilines is 2. The number of carbonyl (C=O) groups is 1. The summed E-state index contributed by atoms with van der Waals surface area (Å²) in [5.41, 5.74) is 1.38. The third kappa shape index (κ3) is 5.87. The number of carbonyl (C=O) groups excluding carboxylic acids is 1. The Bertz CT molecular complexity index is 1260. The quantitative estimate of drug-likeness (QED) is 0.456. The number of fused-ring (bicyclic) bond motifs is 1. The van der Waals surface area contributed by atoms with Gasteiger partial charge in [0.1, 0.15) is 18.0 Å². The lowest BCUT2D eigenvalue weighted by molar-refractivity contribution is 0.0240. The first-order chi connectivity index (χ1) is 18.3. The molecule has 2 aromatic carbocycles. The van der Waals surface area contributed by atoms with Gasteiger partial charge in [0.05, 0.1) is 12.6 Å². The van der Waals surface area contributed by atoms with Crippen LogP contribution in [0.5, 0.6) is 11.5 Å². The molecule has 9 nitrogen and oxygen atoms in total. The zero-order chi connectivity index (χ0) is 26.7. The highest BCUT2D eigenvalue weighted by atomic mass is 16.6. The summed E-state index contributed by atoms with van der Waals surface area (Å²) < 4.78 is 17.5. The highest BCUT2D eigenvalue weighted by Crippen LogP contribution is 2.37. The molecule has 9 heteroatoms. The topological polar surface area (TPSA) is 80.3 Å². The van der Waals surface area contributed by atoms with Crippen molar-refractivity contribution >= 4 is 28.8 Å². The van der Waals surface area contributed by atoms with E-state index in [0.717, 1.165) is 54.2 Å². The lowest BCUT2D eigenvalue weighted by Gasteiger charge is -2.36. The van der Waals surface area contributed by atoms with Gasteiger partial charge in [-0.3, -0.25) is 0 Å². The molecule has 0 radical (unpaired) electrons. The van der Waals surface area contributed by atoms with Crippen LogP contribution in [0.15, 0.2) is 42.5 Å². The lowest BCUT2D eigenvalue weighted by Crippen LogP contribution is -2.50.